The Morgan fingerprint density at radius 1 is 0.913 bits per heavy atom. The zero-order valence-electron chi connectivity index (χ0n) is 15.4. The molecule has 1 aliphatic carbocycles. The predicted molar refractivity (Wildman–Crippen MR) is 104 cm³/mol. The summed E-state index contributed by atoms with van der Waals surface area (Å²) in [6, 6.07) is 12.1. The van der Waals surface area contributed by atoms with Gasteiger partial charge >= 0.3 is 0 Å². The van der Waals surface area contributed by atoms with Gasteiger partial charge in [0.05, 0.1) is 5.41 Å². The van der Waals surface area contributed by atoms with Crippen molar-refractivity contribution in [2.75, 3.05) is 0 Å². The first-order valence-electron chi connectivity index (χ1n) is 8.18. The fourth-order valence-corrected chi connectivity index (χ4v) is 2.51. The van der Waals surface area contributed by atoms with Gasteiger partial charge in [0.25, 0.3) is 0 Å². The fourth-order valence-electron chi connectivity index (χ4n) is 2.51. The van der Waals surface area contributed by atoms with Gasteiger partial charge in [-0.2, -0.15) is 0 Å². The molecule has 0 saturated carbocycles. The summed E-state index contributed by atoms with van der Waals surface area (Å²) in [5, 5.41) is 2.32. The molecule has 0 fully saturated rings. The molecule has 0 spiro atoms. The van der Waals surface area contributed by atoms with Crippen LogP contribution in [0.4, 0.5) is 0 Å². The number of ketones is 1. The molecule has 3 rings (SSSR count). The predicted octanol–water partition coefficient (Wildman–Crippen LogP) is 6.72. The lowest BCUT2D eigenvalue weighted by Crippen LogP contribution is -2.23. The van der Waals surface area contributed by atoms with Crippen LogP contribution in [0.1, 0.15) is 57.5 Å². The Hall–Kier alpha value is -2.15. The summed E-state index contributed by atoms with van der Waals surface area (Å²) in [4.78, 5) is 12.2. The van der Waals surface area contributed by atoms with E-state index in [0.29, 0.717) is 0 Å². The number of Topliss-reactive ketones (excluding diaryl/α,β-unsaturated/α-hetero) is 1. The van der Waals surface area contributed by atoms with Crippen molar-refractivity contribution in [2.24, 2.45) is 0 Å². The molecule has 1 heteroatoms. The molecule has 0 saturated heterocycles. The largest absolute Gasteiger partial charge is 0.293 e. The van der Waals surface area contributed by atoms with Gasteiger partial charge in [-0.05, 0) is 44.0 Å². The van der Waals surface area contributed by atoms with Gasteiger partial charge < -0.3 is 0 Å². The van der Waals surface area contributed by atoms with E-state index in [0.717, 1.165) is 10.9 Å². The van der Waals surface area contributed by atoms with Crippen molar-refractivity contribution in [1.29, 1.82) is 0 Å². The van der Waals surface area contributed by atoms with Crippen LogP contribution >= 0.6 is 0 Å². The van der Waals surface area contributed by atoms with Crippen LogP contribution < -0.4 is 0 Å². The van der Waals surface area contributed by atoms with Gasteiger partial charge in [0.1, 0.15) is 0 Å². The van der Waals surface area contributed by atoms with E-state index in [1.807, 2.05) is 71.9 Å². The average molecular weight is 310 g/mol. The van der Waals surface area contributed by atoms with Crippen molar-refractivity contribution in [3.8, 4) is 0 Å². The topological polar surface area (TPSA) is 17.1 Å². The van der Waals surface area contributed by atoms with Crippen molar-refractivity contribution in [2.45, 2.75) is 47.0 Å². The maximum atomic E-state index is 12.2. The van der Waals surface area contributed by atoms with Crippen LogP contribution in [0.25, 0.3) is 10.8 Å². The molecular weight excluding hydrogens is 280 g/mol. The molecule has 2 aromatic rings. The minimum absolute atomic E-state index is 0.245. The summed E-state index contributed by atoms with van der Waals surface area (Å²) in [5.41, 5.74) is 1.69. The summed E-state index contributed by atoms with van der Waals surface area (Å²) < 4.78 is 0. The minimum atomic E-state index is -0.358. The van der Waals surface area contributed by atoms with Crippen molar-refractivity contribution in [1.82, 2.24) is 0 Å². The number of rotatable bonds is 0. The normalized spacial score (nSPS) is 13.4. The van der Waals surface area contributed by atoms with Gasteiger partial charge in [0.2, 0.25) is 0 Å². The average Bonchev–Trinajstić information content (AvgIpc) is 2.82. The molecule has 0 bridgehead atoms. The molecule has 1 nitrogen and oxygen atoms in total. The van der Waals surface area contributed by atoms with E-state index in [2.05, 4.69) is 31.4 Å². The third kappa shape index (κ3) is 4.19. The number of hydrogen-bond acceptors (Lipinski definition) is 1. The molecule has 23 heavy (non-hydrogen) atoms. The van der Waals surface area contributed by atoms with Gasteiger partial charge in [-0.25, -0.2) is 0 Å². The van der Waals surface area contributed by atoms with Crippen LogP contribution in [0.3, 0.4) is 0 Å². The fraction of sp³-hybridized carbons (Fsp3) is 0.318. The highest BCUT2D eigenvalue weighted by molar-refractivity contribution is 6.19. The third-order valence-electron chi connectivity index (χ3n) is 3.72. The van der Waals surface area contributed by atoms with E-state index in [1.54, 1.807) is 0 Å². The van der Waals surface area contributed by atoms with E-state index < -0.39 is 0 Å². The van der Waals surface area contributed by atoms with Crippen LogP contribution in [0.15, 0.2) is 61.7 Å². The van der Waals surface area contributed by atoms with Gasteiger partial charge in [-0.3, -0.25) is 4.79 Å². The lowest BCUT2D eigenvalue weighted by molar-refractivity contribution is 0.0920. The van der Waals surface area contributed by atoms with Crippen LogP contribution in [-0.2, 0) is 5.41 Å². The number of carbonyl (C=O) groups excluding carboxylic acids is 1. The van der Waals surface area contributed by atoms with Crippen LogP contribution in [-0.4, -0.2) is 5.78 Å². The van der Waals surface area contributed by atoms with Crippen molar-refractivity contribution < 1.29 is 4.79 Å². The van der Waals surface area contributed by atoms with Gasteiger partial charge in [-0.15, -0.1) is 13.2 Å². The maximum Gasteiger partial charge on any atom is 0.173 e. The number of carbonyl (C=O) groups is 1. The highest BCUT2D eigenvalue weighted by atomic mass is 16.1. The molecular formula is C22H30O. The highest BCUT2D eigenvalue weighted by Crippen LogP contribution is 2.41. The molecule has 0 radical (unpaired) electrons. The first kappa shape index (κ1) is 20.9. The SMILES string of the molecule is C/C=C\C.C=C.CC.CC1(C)C(=O)c2cccc3cccc1c23. The lowest BCUT2D eigenvalue weighted by Gasteiger charge is -2.16. The Morgan fingerprint density at radius 2 is 1.39 bits per heavy atom. The summed E-state index contributed by atoms with van der Waals surface area (Å²) in [7, 11) is 0. The summed E-state index contributed by atoms with van der Waals surface area (Å²) in [5.74, 6) is 0.245. The second-order valence-corrected chi connectivity index (χ2v) is 5.33. The van der Waals surface area contributed by atoms with Crippen molar-refractivity contribution >= 4 is 16.6 Å². The molecule has 0 heterocycles. The summed E-state index contributed by atoms with van der Waals surface area (Å²) in [6.45, 7) is 18.0. The highest BCUT2D eigenvalue weighted by Gasteiger charge is 2.39. The van der Waals surface area contributed by atoms with E-state index in [-0.39, 0.29) is 11.2 Å². The maximum absolute atomic E-state index is 12.2. The van der Waals surface area contributed by atoms with Crippen molar-refractivity contribution in [3.05, 3.63) is 72.8 Å². The molecule has 0 aliphatic heterocycles. The Balaban J connectivity index is 0.000000523. The van der Waals surface area contributed by atoms with E-state index in [1.165, 1.54) is 10.9 Å². The van der Waals surface area contributed by atoms with E-state index in [9.17, 15) is 4.79 Å². The van der Waals surface area contributed by atoms with Gasteiger partial charge in [0, 0.05) is 5.56 Å². The molecule has 0 aromatic heterocycles. The number of allylic oxidation sites excluding steroid dienone is 2. The third-order valence-corrected chi connectivity index (χ3v) is 3.72. The summed E-state index contributed by atoms with van der Waals surface area (Å²) in [6.07, 6.45) is 4.00. The van der Waals surface area contributed by atoms with E-state index in [4.69, 9.17) is 0 Å². The first-order valence-corrected chi connectivity index (χ1v) is 8.18. The van der Waals surface area contributed by atoms with Crippen LogP contribution in [0.2, 0.25) is 0 Å². The number of benzene rings is 2. The molecule has 0 N–H and O–H groups in total. The first-order chi connectivity index (χ1) is 11.0. The number of hydrogen-bond donors (Lipinski definition) is 0. The molecule has 124 valence electrons. The standard InChI is InChI=1S/C14H12O.C4H8.C2H6.C2H4/c1-14(2)11-8-4-6-9-5-3-7-10(12(9)11)13(14)15;1-3-4-2;2*1-2/h3-8H,1-2H3;3-4H,1-2H3;1-2H3;1-2H2/b;4-3-;;. The molecule has 0 unspecified atom stereocenters. The zero-order chi connectivity index (χ0) is 18.0. The van der Waals surface area contributed by atoms with E-state index >= 15 is 0 Å². The molecule has 0 amide bonds. The molecule has 2 aromatic carbocycles. The second kappa shape index (κ2) is 9.78. The quantitative estimate of drug-likeness (QED) is 0.493. The Bertz CT molecular complexity index is 653. The van der Waals surface area contributed by atoms with Crippen molar-refractivity contribution in [3.63, 3.8) is 0 Å². The van der Waals surface area contributed by atoms with Gasteiger partial charge in [-0.1, -0.05) is 62.4 Å². The Kier molecular flexibility index (Phi) is 8.87. The monoisotopic (exact) mass is 310 g/mol. The molecule has 1 aliphatic rings. The minimum Gasteiger partial charge on any atom is -0.293 e. The smallest absolute Gasteiger partial charge is 0.173 e. The Labute approximate surface area is 141 Å². The zero-order valence-corrected chi connectivity index (χ0v) is 15.4. The second-order valence-electron chi connectivity index (χ2n) is 5.33. The Morgan fingerprint density at radius 3 is 1.87 bits per heavy atom. The molecule has 0 atom stereocenters. The summed E-state index contributed by atoms with van der Waals surface area (Å²) >= 11 is 0. The van der Waals surface area contributed by atoms with Gasteiger partial charge in [0.15, 0.2) is 5.78 Å². The van der Waals surface area contributed by atoms with Crippen LogP contribution in [0.5, 0.6) is 0 Å². The van der Waals surface area contributed by atoms with Crippen LogP contribution in [0, 0.1) is 0 Å². The lowest BCUT2D eigenvalue weighted by atomic mass is 9.84.